The minimum Gasteiger partial charge on any atom is -0.309 e. The molecule has 0 aromatic heterocycles. The van der Waals surface area contributed by atoms with Gasteiger partial charge in [0, 0.05) is 0 Å². The van der Waals surface area contributed by atoms with Gasteiger partial charge < -0.3 is 18.1 Å². The van der Waals surface area contributed by atoms with Crippen molar-refractivity contribution in [2.24, 2.45) is 5.92 Å². The van der Waals surface area contributed by atoms with E-state index in [4.69, 9.17) is 18.1 Å². The molecule has 0 rings (SSSR count). The summed E-state index contributed by atoms with van der Waals surface area (Å²) < 4.78 is 0. The van der Waals surface area contributed by atoms with Gasteiger partial charge in [-0.05, 0) is 5.92 Å². The van der Waals surface area contributed by atoms with Crippen LogP contribution in [0.5, 0.6) is 0 Å². The van der Waals surface area contributed by atoms with Crippen LogP contribution in [-0.2, 0) is 0 Å². The van der Waals surface area contributed by atoms with Crippen LogP contribution in [0, 0.1) is 12.8 Å². The highest BCUT2D eigenvalue weighted by molar-refractivity contribution is 7.22. The Balaban J connectivity index is 0. The molecule has 0 unspecified atom stereocenters. The van der Waals surface area contributed by atoms with Crippen LogP contribution in [0.3, 0.4) is 0 Å². The van der Waals surface area contributed by atoms with Crippen LogP contribution in [0.4, 0.5) is 0 Å². The molecule has 0 heterocycles. The quantitative estimate of drug-likeness (QED) is 0.572. The summed E-state index contributed by atoms with van der Waals surface area (Å²) in [6, 6.07) is 0. The fourth-order valence-electron chi connectivity index (χ4n) is 0.289. The molecule has 0 atom stereocenters. The molecule has 3 heteroatoms. The van der Waals surface area contributed by atoms with Gasteiger partial charge in [-0.15, -0.1) is 0 Å². The Bertz CT molecular complexity index is 38.0. The number of hydrogen-bond donors (Lipinski definition) is 0. The van der Waals surface area contributed by atoms with Crippen LogP contribution in [0.1, 0.15) is 26.7 Å². The van der Waals surface area contributed by atoms with Gasteiger partial charge >= 0.3 is 18.2 Å². The van der Waals surface area contributed by atoms with E-state index in [1.807, 2.05) is 0 Å². The lowest BCUT2D eigenvalue weighted by Crippen LogP contribution is -1.85. The van der Waals surface area contributed by atoms with Gasteiger partial charge in [0.25, 0.3) is 0 Å². The minimum atomic E-state index is -0.639. The molecule has 0 spiro atoms. The van der Waals surface area contributed by atoms with Crippen LogP contribution in [0.25, 0.3) is 0 Å². The first-order chi connectivity index (χ1) is 4.22. The van der Waals surface area contributed by atoms with Crippen molar-refractivity contribution >= 4 is 36.3 Å². The van der Waals surface area contributed by atoms with E-state index in [0.29, 0.717) is 5.92 Å². The summed E-state index contributed by atoms with van der Waals surface area (Å²) in [6.45, 7) is 8.21. The fourth-order valence-corrected chi connectivity index (χ4v) is 0.289. The molecule has 0 aliphatic carbocycles. The third-order valence-electron chi connectivity index (χ3n) is 1.15. The van der Waals surface area contributed by atoms with E-state index in [9.17, 15) is 0 Å². The van der Waals surface area contributed by atoms with Gasteiger partial charge in [0.2, 0.25) is 0 Å². The molecule has 0 amide bonds. The standard InChI is InChI=1S/C6H13.2ClH.Mg/c1-4-6(3)5-2;;;/h6H,3-5H2,1-2H3;2*1H;/q;;;+2/p-2. The molecule has 0 aromatic rings. The van der Waals surface area contributed by atoms with E-state index in [2.05, 4.69) is 20.8 Å². The first-order valence-electron chi connectivity index (χ1n) is 3.17. The topological polar surface area (TPSA) is 0 Å². The predicted octanol–water partition coefficient (Wildman–Crippen LogP) is 3.25. The average molecular weight is 180 g/mol. The second-order valence-corrected chi connectivity index (χ2v) is 4.41. The first-order valence-corrected chi connectivity index (χ1v) is 7.45. The highest BCUT2D eigenvalue weighted by atomic mass is 35.6. The first kappa shape index (κ1) is 13.0. The van der Waals surface area contributed by atoms with Crippen LogP contribution in [0.15, 0.2) is 0 Å². The monoisotopic (exact) mass is 179 g/mol. The summed E-state index contributed by atoms with van der Waals surface area (Å²) in [6.07, 6.45) is 2.44. The number of rotatable bonds is 2. The molecule has 0 bridgehead atoms. The van der Waals surface area contributed by atoms with Crippen molar-refractivity contribution in [3.63, 3.8) is 0 Å². The molecule has 53 valence electrons. The van der Waals surface area contributed by atoms with E-state index in [-0.39, 0.29) is 0 Å². The van der Waals surface area contributed by atoms with E-state index >= 15 is 0 Å². The Hall–Kier alpha value is 1.35. The number of halogens is 2. The molecule has 0 saturated carbocycles. The molecule has 9 heavy (non-hydrogen) atoms. The molecule has 0 aliphatic rings. The van der Waals surface area contributed by atoms with Gasteiger partial charge in [0.1, 0.15) is 0 Å². The summed E-state index contributed by atoms with van der Waals surface area (Å²) in [5.74, 6) is 0.685. The Morgan fingerprint density at radius 3 is 1.56 bits per heavy atom. The van der Waals surface area contributed by atoms with Crippen molar-refractivity contribution < 1.29 is 0 Å². The van der Waals surface area contributed by atoms with Crippen LogP contribution in [-0.4, -0.2) is 18.2 Å². The van der Waals surface area contributed by atoms with Crippen molar-refractivity contribution in [1.29, 1.82) is 0 Å². The summed E-state index contributed by atoms with van der Waals surface area (Å²) >= 11 is -0.639. The predicted molar refractivity (Wildman–Crippen MR) is 46.9 cm³/mol. The van der Waals surface area contributed by atoms with E-state index < -0.39 is 18.2 Å². The normalized spacial score (nSPS) is 7.78. The maximum atomic E-state index is 4.90. The van der Waals surface area contributed by atoms with Crippen molar-refractivity contribution in [2.45, 2.75) is 26.7 Å². The zero-order chi connectivity index (χ0) is 7.70. The van der Waals surface area contributed by atoms with Crippen LogP contribution >= 0.6 is 18.1 Å². The lowest BCUT2D eigenvalue weighted by molar-refractivity contribution is 0.602. The maximum Gasteiger partial charge on any atom is 0.618 e. The molecule has 0 N–H and O–H groups in total. The van der Waals surface area contributed by atoms with E-state index in [1.54, 1.807) is 0 Å². The van der Waals surface area contributed by atoms with Gasteiger partial charge in [-0.25, -0.2) is 0 Å². The lowest BCUT2D eigenvalue weighted by Gasteiger charge is -1.98. The summed E-state index contributed by atoms with van der Waals surface area (Å²) in [5, 5.41) is 0. The van der Waals surface area contributed by atoms with E-state index in [0.717, 1.165) is 0 Å². The van der Waals surface area contributed by atoms with Crippen molar-refractivity contribution in [1.82, 2.24) is 0 Å². The summed E-state index contributed by atoms with van der Waals surface area (Å²) in [7, 11) is 9.81. The molecule has 1 radical (unpaired) electrons. The fraction of sp³-hybridized carbons (Fsp3) is 0.833. The zero-order valence-electron chi connectivity index (χ0n) is 6.16. The Morgan fingerprint density at radius 2 is 1.56 bits per heavy atom. The molecule has 0 saturated heterocycles. The smallest absolute Gasteiger partial charge is 0.309 e. The van der Waals surface area contributed by atoms with Crippen LogP contribution in [0.2, 0.25) is 0 Å². The third kappa shape index (κ3) is 17.6. The molecule has 0 aromatic carbocycles. The average Bonchev–Trinajstić information content (AvgIpc) is 1.88. The van der Waals surface area contributed by atoms with E-state index in [1.165, 1.54) is 12.8 Å². The molecule has 0 aliphatic heterocycles. The highest BCUT2D eigenvalue weighted by Gasteiger charge is 1.88. The Morgan fingerprint density at radius 1 is 1.33 bits per heavy atom. The van der Waals surface area contributed by atoms with Crippen molar-refractivity contribution in [3.8, 4) is 0 Å². The van der Waals surface area contributed by atoms with Crippen LogP contribution < -0.4 is 0 Å². The third-order valence-corrected chi connectivity index (χ3v) is 1.15. The summed E-state index contributed by atoms with van der Waals surface area (Å²) in [5.41, 5.74) is 0. The highest BCUT2D eigenvalue weighted by Crippen LogP contribution is 2.02. The Labute approximate surface area is 75.6 Å². The Kier molecular flexibility index (Phi) is 17.4. The van der Waals surface area contributed by atoms with Gasteiger partial charge in [0.15, 0.2) is 0 Å². The molecular formula is C6H13Cl2Mg. The largest absolute Gasteiger partial charge is 0.618 e. The SMILES string of the molecule is [CH2]C(CC)CC.[Cl][Mg][Cl]. The zero-order valence-corrected chi connectivity index (χ0v) is 9.09. The van der Waals surface area contributed by atoms with Gasteiger partial charge in [-0.3, -0.25) is 0 Å². The van der Waals surface area contributed by atoms with Gasteiger partial charge in [-0.1, -0.05) is 33.6 Å². The molecular weight excluding hydrogens is 167 g/mol. The lowest BCUT2D eigenvalue weighted by atomic mass is 10.1. The second kappa shape index (κ2) is 12.1. The second-order valence-electron chi connectivity index (χ2n) is 1.78. The molecule has 0 fully saturated rings. The van der Waals surface area contributed by atoms with Crippen molar-refractivity contribution in [2.75, 3.05) is 0 Å². The van der Waals surface area contributed by atoms with Gasteiger partial charge in [0.05, 0.1) is 0 Å². The minimum absolute atomic E-state index is 0.639. The number of hydrogen-bond acceptors (Lipinski definition) is 0. The maximum absolute atomic E-state index is 4.90. The molecule has 0 nitrogen and oxygen atoms in total. The van der Waals surface area contributed by atoms with Crippen molar-refractivity contribution in [3.05, 3.63) is 6.92 Å². The van der Waals surface area contributed by atoms with Gasteiger partial charge in [-0.2, -0.15) is 0 Å². The summed E-state index contributed by atoms with van der Waals surface area (Å²) in [4.78, 5) is 0.